The molecule has 0 saturated carbocycles. The van der Waals surface area contributed by atoms with E-state index in [9.17, 15) is 9.59 Å². The minimum Gasteiger partial charge on any atom is -0.481 e. The minimum absolute atomic E-state index is 0. The van der Waals surface area contributed by atoms with Gasteiger partial charge in [0.05, 0.1) is 12.0 Å². The predicted molar refractivity (Wildman–Crippen MR) is 52.2 cm³/mol. The van der Waals surface area contributed by atoms with Crippen LogP contribution < -0.4 is 0 Å². The predicted octanol–water partition coefficient (Wildman–Crippen LogP) is 0.281. The molecule has 1 aromatic carbocycles. The molecular formula is C9H7AgN3O4. The molecule has 0 saturated heterocycles. The smallest absolute Gasteiger partial charge is 0.338 e. The third kappa shape index (κ3) is 2.52. The summed E-state index contributed by atoms with van der Waals surface area (Å²) in [5, 5.41) is 27.4. The number of nitrogens with one attached hydrogen (secondary N) is 1. The van der Waals surface area contributed by atoms with Gasteiger partial charge in [-0.2, -0.15) is 15.4 Å². The molecule has 2 aromatic rings. The fourth-order valence-corrected chi connectivity index (χ4v) is 1.50. The molecule has 0 amide bonds. The van der Waals surface area contributed by atoms with Gasteiger partial charge in [0.15, 0.2) is 0 Å². The van der Waals surface area contributed by atoms with Crippen LogP contribution in [-0.4, -0.2) is 37.6 Å². The van der Waals surface area contributed by atoms with E-state index in [0.29, 0.717) is 5.52 Å². The van der Waals surface area contributed by atoms with Crippen molar-refractivity contribution in [1.82, 2.24) is 15.4 Å². The number of aromatic amines is 1. The third-order valence-electron chi connectivity index (χ3n) is 2.13. The van der Waals surface area contributed by atoms with Crippen molar-refractivity contribution in [3.63, 3.8) is 0 Å². The summed E-state index contributed by atoms with van der Waals surface area (Å²) < 4.78 is 0. The van der Waals surface area contributed by atoms with Crippen LogP contribution in [0, 0.1) is 0 Å². The normalized spacial score (nSPS) is 9.88. The number of hydrogen-bond acceptors (Lipinski definition) is 4. The Morgan fingerprint density at radius 1 is 1.24 bits per heavy atom. The first-order chi connectivity index (χ1) is 7.59. The average Bonchev–Trinajstić information content (AvgIpc) is 2.63. The topological polar surface area (TPSA) is 116 Å². The molecule has 0 unspecified atom stereocenters. The summed E-state index contributed by atoms with van der Waals surface area (Å²) in [5.41, 5.74) is 0.660. The molecule has 17 heavy (non-hydrogen) atoms. The Labute approximate surface area is 110 Å². The van der Waals surface area contributed by atoms with E-state index >= 15 is 0 Å². The molecule has 7 nitrogen and oxygen atoms in total. The van der Waals surface area contributed by atoms with Crippen molar-refractivity contribution in [3.05, 3.63) is 23.3 Å². The van der Waals surface area contributed by atoms with Crippen molar-refractivity contribution in [3.8, 4) is 0 Å². The number of carboxylic acids is 2. The number of aromatic carboxylic acids is 1. The van der Waals surface area contributed by atoms with E-state index in [0.717, 1.165) is 0 Å². The number of aliphatic carboxylic acids is 1. The van der Waals surface area contributed by atoms with Gasteiger partial charge in [0.25, 0.3) is 0 Å². The Morgan fingerprint density at radius 3 is 2.53 bits per heavy atom. The van der Waals surface area contributed by atoms with Crippen LogP contribution in [0.2, 0.25) is 0 Å². The zero-order chi connectivity index (χ0) is 11.7. The van der Waals surface area contributed by atoms with Crippen LogP contribution in [0.4, 0.5) is 0 Å². The van der Waals surface area contributed by atoms with Crippen LogP contribution in [-0.2, 0) is 33.6 Å². The minimum atomic E-state index is -1.21. The summed E-state index contributed by atoms with van der Waals surface area (Å²) in [6, 6.07) is 2.96. The number of aromatic nitrogens is 3. The van der Waals surface area contributed by atoms with Gasteiger partial charge in [-0.25, -0.2) is 4.79 Å². The molecule has 0 spiro atoms. The maximum absolute atomic E-state index is 11.0. The maximum Gasteiger partial charge on any atom is 0.338 e. The van der Waals surface area contributed by atoms with Crippen LogP contribution in [0.1, 0.15) is 15.9 Å². The third-order valence-corrected chi connectivity index (χ3v) is 2.13. The van der Waals surface area contributed by atoms with Crippen LogP contribution in [0.25, 0.3) is 11.0 Å². The monoisotopic (exact) mass is 328 g/mol. The van der Waals surface area contributed by atoms with Gasteiger partial charge in [-0.05, 0) is 11.6 Å². The molecular weight excluding hydrogens is 322 g/mol. The van der Waals surface area contributed by atoms with Gasteiger partial charge in [0.2, 0.25) is 0 Å². The summed E-state index contributed by atoms with van der Waals surface area (Å²) in [6.07, 6.45) is -0.357. The molecule has 8 heteroatoms. The average molecular weight is 329 g/mol. The van der Waals surface area contributed by atoms with Gasteiger partial charge in [-0.15, -0.1) is 0 Å². The molecule has 1 radical (unpaired) electrons. The molecule has 0 aliphatic carbocycles. The standard InChI is InChI=1S/C9H7N3O4.Ag/c13-6(14)3-4-1-2-5-8(11-12-10-5)7(4)9(15)16;/h1-2H,3H2,(H,13,14)(H,15,16)(H,10,11,12);. The first-order valence-electron chi connectivity index (χ1n) is 4.37. The maximum atomic E-state index is 11.0. The Bertz CT molecular complexity index is 581. The van der Waals surface area contributed by atoms with Crippen molar-refractivity contribution in [2.45, 2.75) is 6.42 Å². The summed E-state index contributed by atoms with van der Waals surface area (Å²) in [5.74, 6) is -2.30. The number of rotatable bonds is 3. The fraction of sp³-hybridized carbons (Fsp3) is 0.111. The zero-order valence-electron chi connectivity index (χ0n) is 8.27. The summed E-state index contributed by atoms with van der Waals surface area (Å²) in [4.78, 5) is 21.6. The number of carboxylic acid groups (broad SMARTS) is 2. The van der Waals surface area contributed by atoms with Crippen molar-refractivity contribution in [1.29, 1.82) is 0 Å². The first kappa shape index (κ1) is 13.4. The van der Waals surface area contributed by atoms with Gasteiger partial charge < -0.3 is 10.2 Å². The molecule has 0 bridgehead atoms. The summed E-state index contributed by atoms with van der Waals surface area (Å²) in [6.45, 7) is 0. The number of nitrogens with zero attached hydrogens (tertiary/aromatic N) is 2. The zero-order valence-corrected chi connectivity index (χ0v) is 9.75. The number of benzene rings is 1. The molecule has 1 heterocycles. The van der Waals surface area contributed by atoms with E-state index in [2.05, 4.69) is 15.4 Å². The fourth-order valence-electron chi connectivity index (χ4n) is 1.50. The van der Waals surface area contributed by atoms with Gasteiger partial charge >= 0.3 is 11.9 Å². The van der Waals surface area contributed by atoms with E-state index in [1.165, 1.54) is 12.1 Å². The first-order valence-corrected chi connectivity index (χ1v) is 4.37. The van der Waals surface area contributed by atoms with Crippen LogP contribution in [0.15, 0.2) is 12.1 Å². The molecule has 0 aliphatic rings. The Hall–Kier alpha value is -1.70. The van der Waals surface area contributed by atoms with E-state index in [-0.39, 0.29) is 45.4 Å². The van der Waals surface area contributed by atoms with Crippen molar-refractivity contribution in [2.75, 3.05) is 0 Å². The number of H-pyrrole nitrogens is 1. The van der Waals surface area contributed by atoms with Crippen molar-refractivity contribution in [2.24, 2.45) is 0 Å². The largest absolute Gasteiger partial charge is 0.481 e. The van der Waals surface area contributed by atoms with Crippen molar-refractivity contribution < 1.29 is 42.2 Å². The van der Waals surface area contributed by atoms with E-state index in [1.807, 2.05) is 0 Å². The molecule has 1 aromatic heterocycles. The number of hydrogen-bond donors (Lipinski definition) is 3. The second kappa shape index (κ2) is 5.09. The summed E-state index contributed by atoms with van der Waals surface area (Å²) in [7, 11) is 0. The van der Waals surface area contributed by atoms with Crippen LogP contribution >= 0.6 is 0 Å². The van der Waals surface area contributed by atoms with Crippen LogP contribution in [0.5, 0.6) is 0 Å². The molecule has 93 valence electrons. The Balaban J connectivity index is 0.00000144. The second-order valence-electron chi connectivity index (χ2n) is 3.17. The Morgan fingerprint density at radius 2 is 1.94 bits per heavy atom. The number of carbonyl (C=O) groups is 2. The second-order valence-corrected chi connectivity index (χ2v) is 3.17. The van der Waals surface area contributed by atoms with Crippen molar-refractivity contribution >= 4 is 23.0 Å². The quantitative estimate of drug-likeness (QED) is 0.697. The van der Waals surface area contributed by atoms with Gasteiger partial charge in [-0.3, -0.25) is 4.79 Å². The molecule has 0 aliphatic heterocycles. The Kier molecular flexibility index (Phi) is 4.00. The molecule has 0 atom stereocenters. The van der Waals surface area contributed by atoms with Gasteiger partial charge in [0.1, 0.15) is 11.0 Å². The molecule has 2 rings (SSSR count). The van der Waals surface area contributed by atoms with E-state index < -0.39 is 11.9 Å². The van der Waals surface area contributed by atoms with Gasteiger partial charge in [0, 0.05) is 22.4 Å². The van der Waals surface area contributed by atoms with Crippen LogP contribution in [0.3, 0.4) is 0 Å². The molecule has 3 N–H and O–H groups in total. The number of fused-ring (bicyclic) bond motifs is 1. The molecule has 0 fully saturated rings. The SMILES string of the molecule is O=C(O)Cc1ccc2n[nH]nc2c1C(=O)O.[Ag]. The summed E-state index contributed by atoms with van der Waals surface area (Å²) >= 11 is 0. The van der Waals surface area contributed by atoms with E-state index in [1.54, 1.807) is 0 Å². The van der Waals surface area contributed by atoms with E-state index in [4.69, 9.17) is 10.2 Å². The van der Waals surface area contributed by atoms with Gasteiger partial charge in [-0.1, -0.05) is 6.07 Å².